The third-order valence-electron chi connectivity index (χ3n) is 5.02. The molecule has 2 aromatic rings. The van der Waals surface area contributed by atoms with Crippen LogP contribution in [0.3, 0.4) is 0 Å². The van der Waals surface area contributed by atoms with Gasteiger partial charge in [0.05, 0.1) is 12.1 Å². The molecule has 5 heteroatoms. The van der Waals surface area contributed by atoms with Gasteiger partial charge in [-0.1, -0.05) is 11.6 Å². The number of hydrogen-bond acceptors (Lipinski definition) is 4. The molecule has 3 rings (SSSR count). The normalized spacial score (nSPS) is 16.3. The lowest BCUT2D eigenvalue weighted by Gasteiger charge is -2.30. The van der Waals surface area contributed by atoms with E-state index in [0.29, 0.717) is 11.3 Å². The standard InChI is InChI=1S/C20H26N2O3/c1-4-25-20(24)17-13-22(12-15-7-9-21(3)10-8-15)18-6-5-14(2)11-16(18)19(17)23/h5-6,11,13,15H,4,7-10,12H2,1-3H3. The number of pyridine rings is 1. The van der Waals surface area contributed by atoms with E-state index in [9.17, 15) is 9.59 Å². The first-order chi connectivity index (χ1) is 12.0. The summed E-state index contributed by atoms with van der Waals surface area (Å²) in [4.78, 5) is 27.3. The molecule has 0 bridgehead atoms. The minimum absolute atomic E-state index is 0.132. The van der Waals surface area contributed by atoms with Crippen molar-refractivity contribution in [1.82, 2.24) is 9.47 Å². The zero-order chi connectivity index (χ0) is 18.0. The van der Waals surface area contributed by atoms with E-state index in [1.165, 1.54) is 0 Å². The van der Waals surface area contributed by atoms with Crippen LogP contribution in [0.15, 0.2) is 29.2 Å². The number of piperidine rings is 1. The maximum Gasteiger partial charge on any atom is 0.343 e. The fraction of sp³-hybridized carbons (Fsp3) is 0.500. The number of fused-ring (bicyclic) bond motifs is 1. The number of ether oxygens (including phenoxy) is 1. The maximum absolute atomic E-state index is 12.8. The lowest BCUT2D eigenvalue weighted by Crippen LogP contribution is -2.32. The highest BCUT2D eigenvalue weighted by molar-refractivity contribution is 5.93. The molecule has 1 aliphatic rings. The number of nitrogens with zero attached hydrogens (tertiary/aromatic N) is 2. The van der Waals surface area contributed by atoms with Crippen molar-refractivity contribution < 1.29 is 9.53 Å². The van der Waals surface area contributed by atoms with E-state index >= 15 is 0 Å². The van der Waals surface area contributed by atoms with Gasteiger partial charge in [-0.3, -0.25) is 4.79 Å². The Morgan fingerprint density at radius 1 is 1.28 bits per heavy atom. The van der Waals surface area contributed by atoms with Crippen LogP contribution in [0.4, 0.5) is 0 Å². The molecular weight excluding hydrogens is 316 g/mol. The number of aromatic nitrogens is 1. The van der Waals surface area contributed by atoms with E-state index in [4.69, 9.17) is 4.74 Å². The molecule has 1 fully saturated rings. The summed E-state index contributed by atoms with van der Waals surface area (Å²) in [5.74, 6) is 0.0197. The van der Waals surface area contributed by atoms with Crippen LogP contribution in [0.2, 0.25) is 0 Å². The van der Waals surface area contributed by atoms with Gasteiger partial charge in [-0.2, -0.15) is 0 Å². The largest absolute Gasteiger partial charge is 0.462 e. The van der Waals surface area contributed by atoms with Gasteiger partial charge in [-0.05, 0) is 64.9 Å². The fourth-order valence-electron chi connectivity index (χ4n) is 3.54. The Labute approximate surface area is 148 Å². The predicted octanol–water partition coefficient (Wildman–Crippen LogP) is 2.83. The third kappa shape index (κ3) is 3.76. The van der Waals surface area contributed by atoms with Crippen LogP contribution < -0.4 is 5.43 Å². The first kappa shape index (κ1) is 17.7. The number of carbonyl (C=O) groups is 1. The van der Waals surface area contributed by atoms with Gasteiger partial charge < -0.3 is 14.2 Å². The SMILES string of the molecule is CCOC(=O)c1cn(CC2CCN(C)CC2)c2ccc(C)cc2c1=O. The van der Waals surface area contributed by atoms with Gasteiger partial charge in [0.15, 0.2) is 0 Å². The summed E-state index contributed by atoms with van der Waals surface area (Å²) < 4.78 is 7.16. The van der Waals surface area contributed by atoms with Crippen LogP contribution in [0, 0.1) is 12.8 Å². The van der Waals surface area contributed by atoms with Crippen LogP contribution in [0.25, 0.3) is 10.9 Å². The molecule has 0 atom stereocenters. The van der Waals surface area contributed by atoms with Crippen molar-refractivity contribution in [3.05, 3.63) is 45.7 Å². The van der Waals surface area contributed by atoms with Gasteiger partial charge in [-0.25, -0.2) is 4.79 Å². The number of benzene rings is 1. The molecule has 0 radical (unpaired) electrons. The number of carbonyl (C=O) groups excluding carboxylic acids is 1. The Balaban J connectivity index is 2.05. The summed E-state index contributed by atoms with van der Waals surface area (Å²) in [6, 6.07) is 5.86. The number of hydrogen-bond donors (Lipinski definition) is 0. The second-order valence-corrected chi connectivity index (χ2v) is 7.01. The molecule has 5 nitrogen and oxygen atoms in total. The third-order valence-corrected chi connectivity index (χ3v) is 5.02. The van der Waals surface area contributed by atoms with Gasteiger partial charge in [-0.15, -0.1) is 0 Å². The monoisotopic (exact) mass is 342 g/mol. The molecule has 2 heterocycles. The van der Waals surface area contributed by atoms with Crippen LogP contribution in [-0.2, 0) is 11.3 Å². The molecule has 1 aromatic heterocycles. The van der Waals surface area contributed by atoms with Gasteiger partial charge >= 0.3 is 5.97 Å². The van der Waals surface area contributed by atoms with Crippen LogP contribution in [-0.4, -0.2) is 42.2 Å². The highest BCUT2D eigenvalue weighted by atomic mass is 16.5. The second-order valence-electron chi connectivity index (χ2n) is 7.01. The summed E-state index contributed by atoms with van der Waals surface area (Å²) in [6.45, 7) is 6.97. The molecule has 25 heavy (non-hydrogen) atoms. The molecule has 0 aliphatic carbocycles. The zero-order valence-electron chi connectivity index (χ0n) is 15.2. The smallest absolute Gasteiger partial charge is 0.343 e. The van der Waals surface area contributed by atoms with E-state index in [1.807, 2.05) is 25.1 Å². The molecule has 0 unspecified atom stereocenters. The minimum Gasteiger partial charge on any atom is -0.462 e. The quantitative estimate of drug-likeness (QED) is 0.802. The number of rotatable bonds is 4. The molecule has 134 valence electrons. The van der Waals surface area contributed by atoms with E-state index in [2.05, 4.69) is 16.5 Å². The molecular formula is C20H26N2O3. The Bertz CT molecular complexity index is 833. The van der Waals surface area contributed by atoms with E-state index in [-0.39, 0.29) is 17.6 Å². The van der Waals surface area contributed by atoms with Crippen molar-refractivity contribution in [2.45, 2.75) is 33.2 Å². The van der Waals surface area contributed by atoms with Crippen molar-refractivity contribution in [2.75, 3.05) is 26.7 Å². The molecule has 1 aliphatic heterocycles. The topological polar surface area (TPSA) is 51.5 Å². The van der Waals surface area contributed by atoms with Crippen molar-refractivity contribution in [3.8, 4) is 0 Å². The Kier molecular flexibility index (Phi) is 5.23. The maximum atomic E-state index is 12.8. The highest BCUT2D eigenvalue weighted by Crippen LogP contribution is 2.21. The Morgan fingerprint density at radius 2 is 2.00 bits per heavy atom. The van der Waals surface area contributed by atoms with Gasteiger partial charge in [0.1, 0.15) is 5.56 Å². The average Bonchev–Trinajstić information content (AvgIpc) is 2.59. The minimum atomic E-state index is -0.534. The summed E-state index contributed by atoms with van der Waals surface area (Å²) in [7, 11) is 2.15. The molecule has 1 aromatic carbocycles. The number of aryl methyl sites for hydroxylation is 1. The number of esters is 1. The van der Waals surface area contributed by atoms with E-state index in [1.54, 1.807) is 13.1 Å². The zero-order valence-corrected chi connectivity index (χ0v) is 15.2. The molecule has 1 saturated heterocycles. The van der Waals surface area contributed by atoms with Gasteiger partial charge in [0.2, 0.25) is 5.43 Å². The molecule has 0 amide bonds. The van der Waals surface area contributed by atoms with Gasteiger partial charge in [0, 0.05) is 18.1 Å². The highest BCUT2D eigenvalue weighted by Gasteiger charge is 2.20. The number of likely N-dealkylation sites (tertiary alicyclic amines) is 1. The lowest BCUT2D eigenvalue weighted by atomic mass is 9.96. The molecule has 0 spiro atoms. The summed E-state index contributed by atoms with van der Waals surface area (Å²) in [5, 5.41) is 0.596. The van der Waals surface area contributed by atoms with Crippen LogP contribution in [0.1, 0.15) is 35.7 Å². The van der Waals surface area contributed by atoms with E-state index in [0.717, 1.165) is 43.6 Å². The molecule has 0 N–H and O–H groups in total. The van der Waals surface area contributed by atoms with Crippen molar-refractivity contribution in [2.24, 2.45) is 5.92 Å². The predicted molar refractivity (Wildman–Crippen MR) is 99.1 cm³/mol. The summed E-state index contributed by atoms with van der Waals surface area (Å²) in [5.41, 5.74) is 1.80. The van der Waals surface area contributed by atoms with Gasteiger partial charge in [0.25, 0.3) is 0 Å². The van der Waals surface area contributed by atoms with E-state index < -0.39 is 5.97 Å². The van der Waals surface area contributed by atoms with Crippen LogP contribution in [0.5, 0.6) is 0 Å². The Hall–Kier alpha value is -2.14. The molecule has 0 saturated carbocycles. The first-order valence-corrected chi connectivity index (χ1v) is 8.99. The van der Waals surface area contributed by atoms with Crippen LogP contribution >= 0.6 is 0 Å². The van der Waals surface area contributed by atoms with Crippen molar-refractivity contribution in [3.63, 3.8) is 0 Å². The average molecular weight is 342 g/mol. The summed E-state index contributed by atoms with van der Waals surface area (Å²) in [6.07, 6.45) is 3.95. The van der Waals surface area contributed by atoms with Crippen molar-refractivity contribution in [1.29, 1.82) is 0 Å². The Morgan fingerprint density at radius 3 is 2.68 bits per heavy atom. The fourth-order valence-corrected chi connectivity index (χ4v) is 3.54. The van der Waals surface area contributed by atoms with Crippen molar-refractivity contribution >= 4 is 16.9 Å². The lowest BCUT2D eigenvalue weighted by molar-refractivity contribution is 0.0524. The second kappa shape index (κ2) is 7.40. The first-order valence-electron chi connectivity index (χ1n) is 8.99. The summed E-state index contributed by atoms with van der Waals surface area (Å²) >= 11 is 0.